The summed E-state index contributed by atoms with van der Waals surface area (Å²) in [6.07, 6.45) is 0.164. The summed E-state index contributed by atoms with van der Waals surface area (Å²) >= 11 is 0. The Morgan fingerprint density at radius 2 is 1.57 bits per heavy atom. The maximum Gasteiger partial charge on any atom is 0.256 e. The molecule has 2 aliphatic rings. The van der Waals surface area contributed by atoms with E-state index < -0.39 is 6.04 Å². The SMILES string of the molecule is Cc1cc(C)cc(N2C(=O)C[C@@H](Nc3ccc(N4CCOCC4)cc3)C2=O)c1. The molecule has 4 rings (SSSR count). The van der Waals surface area contributed by atoms with Crippen molar-refractivity contribution in [3.8, 4) is 0 Å². The molecule has 2 amide bonds. The predicted molar refractivity (Wildman–Crippen MR) is 110 cm³/mol. The minimum absolute atomic E-state index is 0.164. The number of nitrogens with zero attached hydrogens (tertiary/aromatic N) is 2. The second-order valence-corrected chi connectivity index (χ2v) is 7.46. The highest BCUT2D eigenvalue weighted by Crippen LogP contribution is 2.27. The Kier molecular flexibility index (Phi) is 5.05. The normalized spacial score (nSPS) is 20.0. The fourth-order valence-corrected chi connectivity index (χ4v) is 3.89. The lowest BCUT2D eigenvalue weighted by atomic mass is 10.1. The fourth-order valence-electron chi connectivity index (χ4n) is 3.89. The van der Waals surface area contributed by atoms with Crippen LogP contribution in [-0.4, -0.2) is 44.2 Å². The molecule has 0 aromatic heterocycles. The highest BCUT2D eigenvalue weighted by Gasteiger charge is 2.39. The molecular formula is C22H25N3O3. The monoisotopic (exact) mass is 379 g/mol. The van der Waals surface area contributed by atoms with Crippen LogP contribution in [-0.2, 0) is 14.3 Å². The Hall–Kier alpha value is -2.86. The highest BCUT2D eigenvalue weighted by molar-refractivity contribution is 6.23. The summed E-state index contributed by atoms with van der Waals surface area (Å²) in [5.41, 5.74) is 4.70. The van der Waals surface area contributed by atoms with Crippen molar-refractivity contribution < 1.29 is 14.3 Å². The van der Waals surface area contributed by atoms with Crippen LogP contribution in [0.5, 0.6) is 0 Å². The van der Waals surface area contributed by atoms with Crippen LogP contribution in [0.4, 0.5) is 17.1 Å². The van der Waals surface area contributed by atoms with Gasteiger partial charge in [0, 0.05) is 24.5 Å². The van der Waals surface area contributed by atoms with E-state index in [2.05, 4.69) is 10.2 Å². The lowest BCUT2D eigenvalue weighted by Crippen LogP contribution is -2.36. The highest BCUT2D eigenvalue weighted by atomic mass is 16.5. The first-order valence-electron chi connectivity index (χ1n) is 9.66. The average Bonchev–Trinajstić information content (AvgIpc) is 2.95. The number of morpholine rings is 1. The number of carbonyl (C=O) groups is 2. The first-order valence-corrected chi connectivity index (χ1v) is 9.66. The Bertz CT molecular complexity index is 868. The number of amides is 2. The number of ether oxygens (including phenoxy) is 1. The lowest BCUT2D eigenvalue weighted by Gasteiger charge is -2.29. The molecule has 0 saturated carbocycles. The number of hydrogen-bond donors (Lipinski definition) is 1. The summed E-state index contributed by atoms with van der Waals surface area (Å²) < 4.78 is 5.39. The molecular weight excluding hydrogens is 354 g/mol. The van der Waals surface area contributed by atoms with Crippen LogP contribution in [0.3, 0.4) is 0 Å². The molecule has 2 aromatic rings. The van der Waals surface area contributed by atoms with Crippen LogP contribution in [0.2, 0.25) is 0 Å². The van der Waals surface area contributed by atoms with Gasteiger partial charge in [-0.3, -0.25) is 9.59 Å². The largest absolute Gasteiger partial charge is 0.378 e. The second-order valence-electron chi connectivity index (χ2n) is 7.46. The molecule has 2 heterocycles. The van der Waals surface area contributed by atoms with E-state index in [1.165, 1.54) is 4.90 Å². The molecule has 2 aliphatic heterocycles. The zero-order valence-corrected chi connectivity index (χ0v) is 16.3. The van der Waals surface area contributed by atoms with E-state index in [0.29, 0.717) is 5.69 Å². The molecule has 2 saturated heterocycles. The average molecular weight is 379 g/mol. The molecule has 1 N–H and O–H groups in total. The summed E-state index contributed by atoms with van der Waals surface area (Å²) in [6.45, 7) is 7.18. The Morgan fingerprint density at radius 3 is 2.21 bits per heavy atom. The number of hydrogen-bond acceptors (Lipinski definition) is 5. The first-order chi connectivity index (χ1) is 13.5. The Labute approximate surface area is 165 Å². The summed E-state index contributed by atoms with van der Waals surface area (Å²) in [6, 6.07) is 13.2. The van der Waals surface area contributed by atoms with Crippen LogP contribution in [0, 0.1) is 13.8 Å². The number of imide groups is 1. The zero-order valence-electron chi connectivity index (χ0n) is 16.3. The minimum Gasteiger partial charge on any atom is -0.378 e. The number of carbonyl (C=O) groups excluding carboxylic acids is 2. The predicted octanol–water partition coefficient (Wildman–Crippen LogP) is 2.88. The molecule has 146 valence electrons. The molecule has 0 bridgehead atoms. The van der Waals surface area contributed by atoms with E-state index in [0.717, 1.165) is 48.8 Å². The topological polar surface area (TPSA) is 61.9 Å². The van der Waals surface area contributed by atoms with Crippen LogP contribution >= 0.6 is 0 Å². The van der Waals surface area contributed by atoms with Crippen molar-refractivity contribution in [3.05, 3.63) is 53.6 Å². The van der Waals surface area contributed by atoms with Gasteiger partial charge in [0.05, 0.1) is 25.3 Å². The van der Waals surface area contributed by atoms with E-state index in [1.807, 2.05) is 56.3 Å². The van der Waals surface area contributed by atoms with E-state index in [4.69, 9.17) is 4.74 Å². The van der Waals surface area contributed by atoms with Gasteiger partial charge in [-0.25, -0.2) is 4.90 Å². The number of nitrogens with one attached hydrogen (secondary N) is 1. The summed E-state index contributed by atoms with van der Waals surface area (Å²) in [5.74, 6) is -0.371. The van der Waals surface area contributed by atoms with Crippen molar-refractivity contribution in [2.24, 2.45) is 0 Å². The minimum atomic E-state index is -0.539. The summed E-state index contributed by atoms with van der Waals surface area (Å²) in [7, 11) is 0. The molecule has 28 heavy (non-hydrogen) atoms. The third-order valence-corrected chi connectivity index (χ3v) is 5.20. The Morgan fingerprint density at radius 1 is 0.929 bits per heavy atom. The molecule has 1 atom stereocenters. The summed E-state index contributed by atoms with van der Waals surface area (Å²) in [5, 5.41) is 3.22. The lowest BCUT2D eigenvalue weighted by molar-refractivity contribution is -0.121. The van der Waals surface area contributed by atoms with E-state index >= 15 is 0 Å². The standard InChI is InChI=1S/C22H25N3O3/c1-15-11-16(2)13-19(12-15)25-21(26)14-20(22(25)27)23-17-3-5-18(6-4-17)24-7-9-28-10-8-24/h3-6,11-13,20,23H,7-10,14H2,1-2H3/t20-/m1/s1. The van der Waals surface area contributed by atoms with E-state index in [9.17, 15) is 9.59 Å². The van der Waals surface area contributed by atoms with Gasteiger partial charge in [0.2, 0.25) is 5.91 Å². The van der Waals surface area contributed by atoms with Gasteiger partial charge in [-0.15, -0.1) is 0 Å². The van der Waals surface area contributed by atoms with Gasteiger partial charge in [-0.1, -0.05) is 6.07 Å². The number of aryl methyl sites for hydroxylation is 2. The van der Waals surface area contributed by atoms with Gasteiger partial charge in [-0.2, -0.15) is 0 Å². The van der Waals surface area contributed by atoms with Crippen molar-refractivity contribution in [1.29, 1.82) is 0 Å². The molecule has 0 unspecified atom stereocenters. The molecule has 2 fully saturated rings. The second kappa shape index (κ2) is 7.64. The quantitative estimate of drug-likeness (QED) is 0.828. The van der Waals surface area contributed by atoms with Crippen molar-refractivity contribution in [3.63, 3.8) is 0 Å². The summed E-state index contributed by atoms with van der Waals surface area (Å²) in [4.78, 5) is 29.0. The number of benzene rings is 2. The molecule has 0 spiro atoms. The molecule has 0 radical (unpaired) electrons. The third kappa shape index (κ3) is 3.73. The van der Waals surface area contributed by atoms with Crippen molar-refractivity contribution in [2.75, 3.05) is 41.4 Å². The van der Waals surface area contributed by atoms with Gasteiger partial charge in [-0.05, 0) is 61.4 Å². The van der Waals surface area contributed by atoms with E-state index in [-0.39, 0.29) is 18.2 Å². The molecule has 6 heteroatoms. The van der Waals surface area contributed by atoms with Gasteiger partial charge in [0.1, 0.15) is 6.04 Å². The van der Waals surface area contributed by atoms with Gasteiger partial charge in [0.25, 0.3) is 5.91 Å². The van der Waals surface area contributed by atoms with Crippen LogP contribution in [0.25, 0.3) is 0 Å². The molecule has 0 aliphatic carbocycles. The zero-order chi connectivity index (χ0) is 19.7. The van der Waals surface area contributed by atoms with Gasteiger partial charge < -0.3 is 15.0 Å². The van der Waals surface area contributed by atoms with Gasteiger partial charge >= 0.3 is 0 Å². The first kappa shape index (κ1) is 18.5. The maximum atomic E-state index is 12.9. The smallest absolute Gasteiger partial charge is 0.256 e. The number of anilines is 3. The number of rotatable bonds is 4. The van der Waals surface area contributed by atoms with Crippen molar-refractivity contribution in [1.82, 2.24) is 0 Å². The molecule has 2 aromatic carbocycles. The van der Waals surface area contributed by atoms with Gasteiger partial charge in [0.15, 0.2) is 0 Å². The molecule has 6 nitrogen and oxygen atoms in total. The van der Waals surface area contributed by atoms with E-state index in [1.54, 1.807) is 0 Å². The van der Waals surface area contributed by atoms with Crippen LogP contribution in [0.15, 0.2) is 42.5 Å². The van der Waals surface area contributed by atoms with Crippen molar-refractivity contribution in [2.45, 2.75) is 26.3 Å². The van der Waals surface area contributed by atoms with Crippen molar-refractivity contribution >= 4 is 28.9 Å². The fraction of sp³-hybridized carbons (Fsp3) is 0.364. The van der Waals surface area contributed by atoms with Crippen LogP contribution in [0.1, 0.15) is 17.5 Å². The Balaban J connectivity index is 1.46. The third-order valence-electron chi connectivity index (χ3n) is 5.20. The van der Waals surface area contributed by atoms with Crippen LogP contribution < -0.4 is 15.1 Å². The maximum absolute atomic E-state index is 12.9.